The molecule has 0 aliphatic heterocycles. The highest BCUT2D eigenvalue weighted by Crippen LogP contribution is 2.33. The second kappa shape index (κ2) is 9.84. The van der Waals surface area contributed by atoms with Crippen LogP contribution in [0.25, 0.3) is 10.9 Å². The Bertz CT molecular complexity index is 1260. The second-order valence-corrected chi connectivity index (χ2v) is 10.1. The molecule has 3 rings (SSSR count). The van der Waals surface area contributed by atoms with E-state index < -0.39 is 33.3 Å². The maximum atomic E-state index is 13.5. The molecule has 0 aliphatic rings. The average Bonchev–Trinajstić information content (AvgIpc) is 2.77. The Morgan fingerprint density at radius 3 is 2.48 bits per heavy atom. The van der Waals surface area contributed by atoms with E-state index in [2.05, 4.69) is 10.3 Å². The van der Waals surface area contributed by atoms with Gasteiger partial charge in [-0.05, 0) is 49.2 Å². The molecule has 2 aromatic carbocycles. The van der Waals surface area contributed by atoms with Crippen LogP contribution in [0.3, 0.4) is 0 Å². The molecule has 0 bridgehead atoms. The van der Waals surface area contributed by atoms with Gasteiger partial charge in [-0.25, -0.2) is 12.8 Å². The maximum absolute atomic E-state index is 13.5. The summed E-state index contributed by atoms with van der Waals surface area (Å²) in [6, 6.07) is 13.4. The first kappa shape index (κ1) is 24.6. The Kier molecular flexibility index (Phi) is 7.34. The zero-order valence-electron chi connectivity index (χ0n) is 18.5. The van der Waals surface area contributed by atoms with Crippen LogP contribution >= 0.6 is 0 Å². The fourth-order valence-electron chi connectivity index (χ4n) is 3.81. The third-order valence-electron chi connectivity index (χ3n) is 5.97. The smallest absolute Gasteiger partial charge is 0.309 e. The first-order valence-corrected chi connectivity index (χ1v) is 12.3. The SMILES string of the molecule is CCC(CC)(CC(O)Nc1cccc(S(=O)(=O)Cc2ccc3ccc(F)cc3n2)c1)C(=O)O. The van der Waals surface area contributed by atoms with Crippen molar-refractivity contribution in [2.75, 3.05) is 5.32 Å². The first-order chi connectivity index (χ1) is 15.6. The van der Waals surface area contributed by atoms with E-state index in [0.29, 0.717) is 29.4 Å². The number of anilines is 1. The molecular weight excluding hydrogens is 447 g/mol. The minimum absolute atomic E-state index is 0.0239. The molecule has 33 heavy (non-hydrogen) atoms. The largest absolute Gasteiger partial charge is 0.481 e. The molecular formula is C24H27FN2O5S. The molecule has 0 fully saturated rings. The van der Waals surface area contributed by atoms with E-state index in [9.17, 15) is 27.8 Å². The van der Waals surface area contributed by atoms with E-state index >= 15 is 0 Å². The van der Waals surface area contributed by atoms with Gasteiger partial charge in [0.2, 0.25) is 0 Å². The van der Waals surface area contributed by atoms with Crippen LogP contribution in [-0.2, 0) is 20.4 Å². The first-order valence-electron chi connectivity index (χ1n) is 10.6. The number of fused-ring (bicyclic) bond motifs is 1. The van der Waals surface area contributed by atoms with Crippen molar-refractivity contribution in [1.82, 2.24) is 4.98 Å². The van der Waals surface area contributed by atoms with Gasteiger partial charge in [0.25, 0.3) is 0 Å². The van der Waals surface area contributed by atoms with Crippen LogP contribution in [0.1, 0.15) is 38.8 Å². The number of carboxylic acids is 1. The molecule has 9 heteroatoms. The van der Waals surface area contributed by atoms with Gasteiger partial charge < -0.3 is 15.5 Å². The number of hydrogen-bond acceptors (Lipinski definition) is 6. The van der Waals surface area contributed by atoms with Crippen LogP contribution in [0.5, 0.6) is 0 Å². The summed E-state index contributed by atoms with van der Waals surface area (Å²) in [4.78, 5) is 16.0. The lowest BCUT2D eigenvalue weighted by molar-refractivity contribution is -0.151. The van der Waals surface area contributed by atoms with Crippen LogP contribution in [0, 0.1) is 11.2 Å². The summed E-state index contributed by atoms with van der Waals surface area (Å²) in [7, 11) is -3.78. The summed E-state index contributed by atoms with van der Waals surface area (Å²) < 4.78 is 39.4. The van der Waals surface area contributed by atoms with Crippen molar-refractivity contribution < 1.29 is 27.8 Å². The fourth-order valence-corrected chi connectivity index (χ4v) is 5.12. The van der Waals surface area contributed by atoms with Gasteiger partial charge in [-0.2, -0.15) is 0 Å². The van der Waals surface area contributed by atoms with Crippen LogP contribution in [0.15, 0.2) is 59.5 Å². The molecule has 0 spiro atoms. The highest BCUT2D eigenvalue weighted by Gasteiger charge is 2.37. The van der Waals surface area contributed by atoms with Crippen LogP contribution in [-0.4, -0.2) is 35.8 Å². The molecule has 3 N–H and O–H groups in total. The van der Waals surface area contributed by atoms with E-state index in [1.807, 2.05) is 0 Å². The minimum Gasteiger partial charge on any atom is -0.481 e. The molecule has 7 nitrogen and oxygen atoms in total. The van der Waals surface area contributed by atoms with E-state index in [1.54, 1.807) is 38.1 Å². The van der Waals surface area contributed by atoms with Crippen LogP contribution in [0.2, 0.25) is 0 Å². The third-order valence-corrected chi connectivity index (χ3v) is 7.62. The van der Waals surface area contributed by atoms with Gasteiger partial charge in [0, 0.05) is 23.6 Å². The molecule has 1 atom stereocenters. The third kappa shape index (κ3) is 5.66. The molecule has 176 valence electrons. The van der Waals surface area contributed by atoms with Gasteiger partial charge in [0.1, 0.15) is 12.0 Å². The van der Waals surface area contributed by atoms with E-state index in [4.69, 9.17) is 0 Å². The molecule has 0 saturated heterocycles. The number of carbonyl (C=O) groups is 1. The topological polar surface area (TPSA) is 117 Å². The Morgan fingerprint density at radius 1 is 1.12 bits per heavy atom. The van der Waals surface area contributed by atoms with Crippen molar-refractivity contribution in [2.45, 2.75) is 50.0 Å². The monoisotopic (exact) mass is 474 g/mol. The molecule has 1 unspecified atom stereocenters. The predicted octanol–water partition coefficient (Wildman–Crippen LogP) is 4.36. The van der Waals surface area contributed by atoms with Crippen LogP contribution in [0.4, 0.5) is 10.1 Å². The van der Waals surface area contributed by atoms with Gasteiger partial charge in [0.15, 0.2) is 9.84 Å². The number of hydrogen-bond donors (Lipinski definition) is 3. The zero-order valence-corrected chi connectivity index (χ0v) is 19.3. The zero-order chi connectivity index (χ0) is 24.2. The molecule has 0 saturated carbocycles. The number of benzene rings is 2. The lowest BCUT2D eigenvalue weighted by Crippen LogP contribution is -2.36. The minimum atomic E-state index is -3.78. The number of aromatic nitrogens is 1. The fraction of sp³-hybridized carbons (Fsp3) is 0.333. The number of carboxylic acid groups (broad SMARTS) is 1. The van der Waals surface area contributed by atoms with Crippen molar-refractivity contribution in [1.29, 1.82) is 0 Å². The van der Waals surface area contributed by atoms with E-state index in [-0.39, 0.29) is 22.8 Å². The summed E-state index contributed by atoms with van der Waals surface area (Å²) in [6.07, 6.45) is -0.483. The van der Waals surface area contributed by atoms with E-state index in [1.165, 1.54) is 30.3 Å². The van der Waals surface area contributed by atoms with Gasteiger partial charge in [-0.3, -0.25) is 9.78 Å². The Morgan fingerprint density at radius 2 is 1.82 bits per heavy atom. The number of halogens is 1. The van der Waals surface area contributed by atoms with Gasteiger partial charge in [0.05, 0.1) is 27.3 Å². The number of aliphatic carboxylic acids is 1. The molecule has 3 aromatic rings. The van der Waals surface area contributed by atoms with Crippen molar-refractivity contribution in [3.05, 3.63) is 66.1 Å². The summed E-state index contributed by atoms with van der Waals surface area (Å²) >= 11 is 0. The van der Waals surface area contributed by atoms with Crippen LogP contribution < -0.4 is 5.32 Å². The standard InChI is InChI=1S/C24H27FN2O5S/c1-3-24(4-2,23(29)30)14-22(28)27-18-6-5-7-20(13-18)33(31,32)15-19-11-9-16-8-10-17(25)12-21(16)26-19/h5-13,22,27-28H,3-4,14-15H2,1-2H3,(H,29,30). The molecule has 1 heterocycles. The highest BCUT2D eigenvalue weighted by molar-refractivity contribution is 7.90. The number of aliphatic hydroxyl groups is 1. The molecule has 0 aliphatic carbocycles. The summed E-state index contributed by atoms with van der Waals surface area (Å²) in [6.45, 7) is 3.51. The molecule has 0 radical (unpaired) electrons. The Hall–Kier alpha value is -3.04. The van der Waals surface area contributed by atoms with Crippen molar-refractivity contribution in [2.24, 2.45) is 5.41 Å². The van der Waals surface area contributed by atoms with Gasteiger partial charge >= 0.3 is 5.97 Å². The van der Waals surface area contributed by atoms with Gasteiger partial charge in [-0.1, -0.05) is 26.0 Å². The lowest BCUT2D eigenvalue weighted by atomic mass is 9.78. The summed E-state index contributed by atoms with van der Waals surface area (Å²) in [5, 5.41) is 23.5. The molecule has 0 amide bonds. The number of pyridine rings is 1. The number of nitrogens with zero attached hydrogens (tertiary/aromatic N) is 1. The number of sulfone groups is 1. The predicted molar refractivity (Wildman–Crippen MR) is 124 cm³/mol. The Labute approximate surface area is 192 Å². The number of nitrogens with one attached hydrogen (secondary N) is 1. The normalized spacial score (nSPS) is 13.1. The number of aliphatic hydroxyl groups excluding tert-OH is 1. The van der Waals surface area contributed by atoms with Crippen molar-refractivity contribution >= 4 is 32.4 Å². The van der Waals surface area contributed by atoms with Crippen molar-refractivity contribution in [3.8, 4) is 0 Å². The quantitative estimate of drug-likeness (QED) is 0.374. The maximum Gasteiger partial charge on any atom is 0.309 e. The van der Waals surface area contributed by atoms with E-state index in [0.717, 1.165) is 0 Å². The molecule has 1 aromatic heterocycles. The highest BCUT2D eigenvalue weighted by atomic mass is 32.2. The lowest BCUT2D eigenvalue weighted by Gasteiger charge is -2.29. The second-order valence-electron chi connectivity index (χ2n) is 8.08. The summed E-state index contributed by atoms with van der Waals surface area (Å²) in [5.41, 5.74) is -0.0700. The average molecular weight is 475 g/mol. The summed E-state index contributed by atoms with van der Waals surface area (Å²) in [5.74, 6) is -1.81. The Balaban J connectivity index is 1.78. The number of rotatable bonds is 10. The van der Waals surface area contributed by atoms with Crippen molar-refractivity contribution in [3.63, 3.8) is 0 Å². The van der Waals surface area contributed by atoms with Gasteiger partial charge in [-0.15, -0.1) is 0 Å².